The molecule has 0 atom stereocenters. The minimum absolute atomic E-state index is 0.255. The number of benzene rings is 2. The fourth-order valence-electron chi connectivity index (χ4n) is 2.25. The second-order valence-electron chi connectivity index (χ2n) is 5.15. The topological polar surface area (TPSA) is 63.2 Å². The number of aromatic nitrogens is 1. The van der Waals surface area contributed by atoms with Crippen LogP contribution in [0.4, 0.5) is 9.93 Å². The van der Waals surface area contributed by atoms with Gasteiger partial charge in [-0.15, -0.1) is 11.3 Å². The number of thiazole rings is 1. The van der Waals surface area contributed by atoms with Crippen molar-refractivity contribution < 1.29 is 9.53 Å². The fraction of sp³-hybridized carbons (Fsp3) is 0.176. The van der Waals surface area contributed by atoms with Gasteiger partial charge >= 0.3 is 6.03 Å². The van der Waals surface area contributed by atoms with Crippen molar-refractivity contribution in [3.8, 4) is 5.75 Å². The number of fused-ring (bicyclic) bond motifs is 1. The predicted octanol–water partition coefficient (Wildman–Crippen LogP) is 3.94. The summed E-state index contributed by atoms with van der Waals surface area (Å²) in [5, 5.41) is 10.3. The number of hydrogen-bond donors (Lipinski definition) is 2. The minimum atomic E-state index is -0.255. The smallest absolute Gasteiger partial charge is 0.321 e. The Bertz CT molecular complexity index is 845. The third kappa shape index (κ3) is 3.78. The van der Waals surface area contributed by atoms with Gasteiger partial charge in [0.1, 0.15) is 5.75 Å². The van der Waals surface area contributed by atoms with Crippen molar-refractivity contribution in [3.63, 3.8) is 0 Å². The molecule has 0 unspecified atom stereocenters. The van der Waals surface area contributed by atoms with Gasteiger partial charge in [-0.2, -0.15) is 0 Å². The SMILES string of the molecule is COc1ccc2cc(CNC(=O)Nc3nc(C)cs3)ccc2c1. The zero-order valence-corrected chi connectivity index (χ0v) is 13.7. The Kier molecular flexibility index (Phi) is 4.43. The van der Waals surface area contributed by atoms with Crippen LogP contribution in [0.1, 0.15) is 11.3 Å². The van der Waals surface area contributed by atoms with E-state index in [1.807, 2.05) is 42.6 Å². The van der Waals surface area contributed by atoms with E-state index in [1.54, 1.807) is 7.11 Å². The zero-order chi connectivity index (χ0) is 16.2. The van der Waals surface area contributed by atoms with Crippen molar-refractivity contribution >= 4 is 33.3 Å². The Labute approximate surface area is 138 Å². The highest BCUT2D eigenvalue weighted by Gasteiger charge is 2.05. The molecule has 1 heterocycles. The number of aryl methyl sites for hydroxylation is 1. The molecule has 3 aromatic rings. The number of rotatable bonds is 4. The number of carbonyl (C=O) groups excluding carboxylic acids is 1. The van der Waals surface area contributed by atoms with Gasteiger partial charge in [-0.05, 0) is 41.5 Å². The monoisotopic (exact) mass is 327 g/mol. The second-order valence-corrected chi connectivity index (χ2v) is 6.01. The van der Waals surface area contributed by atoms with E-state index in [1.165, 1.54) is 11.3 Å². The van der Waals surface area contributed by atoms with Crippen LogP contribution in [0, 0.1) is 6.92 Å². The van der Waals surface area contributed by atoms with Gasteiger partial charge in [-0.3, -0.25) is 5.32 Å². The predicted molar refractivity (Wildman–Crippen MR) is 93.2 cm³/mol. The maximum absolute atomic E-state index is 11.9. The van der Waals surface area contributed by atoms with E-state index in [-0.39, 0.29) is 6.03 Å². The number of nitrogens with zero attached hydrogens (tertiary/aromatic N) is 1. The minimum Gasteiger partial charge on any atom is -0.497 e. The first-order valence-electron chi connectivity index (χ1n) is 7.18. The third-order valence-corrected chi connectivity index (χ3v) is 4.28. The standard InChI is InChI=1S/C17H17N3O2S/c1-11-10-23-17(19-11)20-16(21)18-9-12-3-4-14-8-15(22-2)6-5-13(14)7-12/h3-8,10H,9H2,1-2H3,(H2,18,19,20,21). The van der Waals surface area contributed by atoms with Crippen LogP contribution in [-0.2, 0) is 6.54 Å². The van der Waals surface area contributed by atoms with Crippen LogP contribution < -0.4 is 15.4 Å². The molecule has 0 fully saturated rings. The molecule has 0 bridgehead atoms. The highest BCUT2D eigenvalue weighted by atomic mass is 32.1. The van der Waals surface area contributed by atoms with E-state index in [0.717, 1.165) is 27.8 Å². The lowest BCUT2D eigenvalue weighted by atomic mass is 10.1. The number of urea groups is 1. The molecule has 5 nitrogen and oxygen atoms in total. The maximum atomic E-state index is 11.9. The van der Waals surface area contributed by atoms with E-state index >= 15 is 0 Å². The molecule has 0 aliphatic heterocycles. The van der Waals surface area contributed by atoms with Gasteiger partial charge in [0.15, 0.2) is 5.13 Å². The first kappa shape index (κ1) is 15.3. The molecule has 23 heavy (non-hydrogen) atoms. The van der Waals surface area contributed by atoms with E-state index in [0.29, 0.717) is 11.7 Å². The van der Waals surface area contributed by atoms with Gasteiger partial charge in [-0.1, -0.05) is 18.2 Å². The molecule has 0 aliphatic rings. The first-order chi connectivity index (χ1) is 11.1. The number of ether oxygens (including phenoxy) is 1. The molecule has 0 radical (unpaired) electrons. The number of nitrogens with one attached hydrogen (secondary N) is 2. The van der Waals surface area contributed by atoms with Crippen molar-refractivity contribution in [1.82, 2.24) is 10.3 Å². The summed E-state index contributed by atoms with van der Waals surface area (Å²) in [7, 11) is 1.65. The summed E-state index contributed by atoms with van der Waals surface area (Å²) in [4.78, 5) is 16.1. The molecule has 0 aliphatic carbocycles. The summed E-state index contributed by atoms with van der Waals surface area (Å²) >= 11 is 1.41. The summed E-state index contributed by atoms with van der Waals surface area (Å²) in [5.41, 5.74) is 1.93. The van der Waals surface area contributed by atoms with Crippen LogP contribution in [0.2, 0.25) is 0 Å². The lowest BCUT2D eigenvalue weighted by Gasteiger charge is -2.08. The number of hydrogen-bond acceptors (Lipinski definition) is 4. The molecular formula is C17H17N3O2S. The summed E-state index contributed by atoms with van der Waals surface area (Å²) in [6.07, 6.45) is 0. The van der Waals surface area contributed by atoms with Gasteiger partial charge in [0, 0.05) is 11.9 Å². The summed E-state index contributed by atoms with van der Waals surface area (Å²) in [5.74, 6) is 0.835. The molecule has 3 rings (SSSR count). The summed E-state index contributed by atoms with van der Waals surface area (Å²) in [6, 6.07) is 11.8. The van der Waals surface area contributed by atoms with Crippen molar-refractivity contribution in [2.45, 2.75) is 13.5 Å². The Balaban J connectivity index is 1.63. The van der Waals surface area contributed by atoms with Crippen LogP contribution in [0.15, 0.2) is 41.8 Å². The number of carbonyl (C=O) groups is 1. The van der Waals surface area contributed by atoms with Gasteiger partial charge in [0.2, 0.25) is 0 Å². The van der Waals surface area contributed by atoms with Gasteiger partial charge in [0.25, 0.3) is 0 Å². The summed E-state index contributed by atoms with van der Waals surface area (Å²) < 4.78 is 5.22. The summed E-state index contributed by atoms with van der Waals surface area (Å²) in [6.45, 7) is 2.35. The molecule has 0 saturated carbocycles. The average molecular weight is 327 g/mol. The molecule has 118 valence electrons. The molecule has 6 heteroatoms. The molecule has 2 aromatic carbocycles. The lowest BCUT2D eigenvalue weighted by molar-refractivity contribution is 0.251. The van der Waals surface area contributed by atoms with E-state index in [9.17, 15) is 4.79 Å². The lowest BCUT2D eigenvalue weighted by Crippen LogP contribution is -2.28. The Morgan fingerprint density at radius 2 is 2.00 bits per heavy atom. The third-order valence-electron chi connectivity index (χ3n) is 3.40. The van der Waals surface area contributed by atoms with Crippen LogP contribution in [0.25, 0.3) is 10.8 Å². The Hall–Kier alpha value is -2.60. The second kappa shape index (κ2) is 6.66. The highest BCUT2D eigenvalue weighted by Crippen LogP contribution is 2.22. The fourth-order valence-corrected chi connectivity index (χ4v) is 2.93. The number of methoxy groups -OCH3 is 1. The number of anilines is 1. The molecule has 2 N–H and O–H groups in total. The van der Waals surface area contributed by atoms with Gasteiger partial charge in [0.05, 0.1) is 12.8 Å². The van der Waals surface area contributed by atoms with Crippen molar-refractivity contribution in [2.24, 2.45) is 0 Å². The molecule has 2 amide bonds. The normalized spacial score (nSPS) is 10.5. The van der Waals surface area contributed by atoms with Crippen LogP contribution in [-0.4, -0.2) is 18.1 Å². The quantitative estimate of drug-likeness (QED) is 0.763. The van der Waals surface area contributed by atoms with Gasteiger partial charge in [-0.25, -0.2) is 9.78 Å². The molecule has 0 saturated heterocycles. The van der Waals surface area contributed by atoms with Crippen LogP contribution in [0.5, 0.6) is 5.75 Å². The largest absolute Gasteiger partial charge is 0.497 e. The zero-order valence-electron chi connectivity index (χ0n) is 12.9. The molecular weight excluding hydrogens is 310 g/mol. The Morgan fingerprint density at radius 1 is 1.22 bits per heavy atom. The average Bonchev–Trinajstić information content (AvgIpc) is 2.97. The maximum Gasteiger partial charge on any atom is 0.321 e. The van der Waals surface area contributed by atoms with E-state index in [2.05, 4.69) is 21.7 Å². The molecule has 1 aromatic heterocycles. The number of amides is 2. The van der Waals surface area contributed by atoms with Crippen molar-refractivity contribution in [1.29, 1.82) is 0 Å². The van der Waals surface area contributed by atoms with Crippen LogP contribution in [0.3, 0.4) is 0 Å². The first-order valence-corrected chi connectivity index (χ1v) is 8.06. The van der Waals surface area contributed by atoms with E-state index in [4.69, 9.17) is 4.74 Å². The van der Waals surface area contributed by atoms with Crippen molar-refractivity contribution in [2.75, 3.05) is 12.4 Å². The highest BCUT2D eigenvalue weighted by molar-refractivity contribution is 7.13. The Morgan fingerprint density at radius 3 is 2.74 bits per heavy atom. The van der Waals surface area contributed by atoms with Gasteiger partial charge < -0.3 is 10.1 Å². The van der Waals surface area contributed by atoms with Crippen LogP contribution >= 0.6 is 11.3 Å². The van der Waals surface area contributed by atoms with Crippen molar-refractivity contribution in [3.05, 3.63) is 53.0 Å². The molecule has 0 spiro atoms. The van der Waals surface area contributed by atoms with E-state index < -0.39 is 0 Å².